The normalized spacial score (nSPS) is 18.2. The fourth-order valence-corrected chi connectivity index (χ4v) is 3.79. The molecule has 0 aliphatic carbocycles. The van der Waals surface area contributed by atoms with E-state index in [4.69, 9.17) is 16.3 Å². The summed E-state index contributed by atoms with van der Waals surface area (Å²) in [6.45, 7) is 0. The number of fused-ring (bicyclic) bond motifs is 1. The van der Waals surface area contributed by atoms with Gasteiger partial charge in [-0.1, -0.05) is 11.6 Å². The molecule has 2 aromatic carbocycles. The van der Waals surface area contributed by atoms with Crippen LogP contribution in [0.15, 0.2) is 47.4 Å². The lowest BCUT2D eigenvalue weighted by molar-refractivity contribution is -0.117. The first kappa shape index (κ1) is 16.6. The molecule has 2 aromatic rings. The average molecular weight is 368 g/mol. The van der Waals surface area contributed by atoms with Crippen molar-refractivity contribution < 1.29 is 17.9 Å². The summed E-state index contributed by atoms with van der Waals surface area (Å²) < 4.78 is 31.9. The number of hydrogen-bond donors (Lipinski definition) is 3. The van der Waals surface area contributed by atoms with Gasteiger partial charge in [0.15, 0.2) is 6.17 Å². The van der Waals surface area contributed by atoms with E-state index in [1.54, 1.807) is 30.3 Å². The minimum Gasteiger partial charge on any atom is -0.497 e. The van der Waals surface area contributed by atoms with Crippen molar-refractivity contribution in [2.45, 2.75) is 11.1 Å². The van der Waals surface area contributed by atoms with Gasteiger partial charge in [-0.05, 0) is 42.5 Å². The molecule has 0 bridgehead atoms. The molecule has 3 N–H and O–H groups in total. The molecule has 9 heteroatoms. The lowest BCUT2D eigenvalue weighted by Crippen LogP contribution is -2.51. The Balaban J connectivity index is 1.80. The maximum absolute atomic E-state index is 12.3. The van der Waals surface area contributed by atoms with E-state index in [2.05, 4.69) is 15.4 Å². The van der Waals surface area contributed by atoms with Crippen LogP contribution in [0, 0.1) is 0 Å². The predicted octanol–water partition coefficient (Wildman–Crippen LogP) is 2.02. The van der Waals surface area contributed by atoms with E-state index in [9.17, 15) is 13.2 Å². The number of nitrogens with one attached hydrogen (secondary N) is 3. The van der Waals surface area contributed by atoms with Gasteiger partial charge >= 0.3 is 0 Å². The molecule has 0 aromatic heterocycles. The number of rotatable bonds is 3. The third-order valence-corrected chi connectivity index (χ3v) is 5.12. The van der Waals surface area contributed by atoms with Crippen LogP contribution in [-0.4, -0.2) is 27.6 Å². The standard InChI is InChI=1S/C15H14ClN3O4S/c1-23-11-5-3-10(4-6-11)17-15(20)14-18-12-7-2-9(16)8-13(12)24(21,22)19-14/h2-8,14,18-19H,1H3,(H,17,20)/t14-/m1/s1. The molecule has 7 nitrogen and oxygen atoms in total. The van der Waals surface area contributed by atoms with Crippen molar-refractivity contribution in [2.75, 3.05) is 17.7 Å². The van der Waals surface area contributed by atoms with Gasteiger partial charge in [-0.25, -0.2) is 8.42 Å². The Labute approximate surface area is 144 Å². The molecule has 1 heterocycles. The van der Waals surface area contributed by atoms with Gasteiger partial charge in [-0.3, -0.25) is 4.79 Å². The monoisotopic (exact) mass is 367 g/mol. The molecule has 0 saturated carbocycles. The van der Waals surface area contributed by atoms with Crippen molar-refractivity contribution in [2.24, 2.45) is 0 Å². The third-order valence-electron chi connectivity index (χ3n) is 3.43. The minimum atomic E-state index is -3.84. The van der Waals surface area contributed by atoms with Crippen LogP contribution >= 0.6 is 11.6 Å². The Hall–Kier alpha value is -2.29. The first-order valence-corrected chi connectivity index (χ1v) is 8.78. The van der Waals surface area contributed by atoms with E-state index in [0.29, 0.717) is 22.1 Å². The molecule has 0 fully saturated rings. The molecule has 1 atom stereocenters. The second kappa shape index (κ2) is 6.31. The van der Waals surface area contributed by atoms with Crippen molar-refractivity contribution in [1.82, 2.24) is 4.72 Å². The highest BCUT2D eigenvalue weighted by Gasteiger charge is 2.33. The highest BCUT2D eigenvalue weighted by Crippen LogP contribution is 2.29. The van der Waals surface area contributed by atoms with Gasteiger partial charge < -0.3 is 15.4 Å². The van der Waals surface area contributed by atoms with E-state index < -0.39 is 22.1 Å². The van der Waals surface area contributed by atoms with Crippen LogP contribution in [0.5, 0.6) is 5.75 Å². The first-order chi connectivity index (χ1) is 11.4. The summed E-state index contributed by atoms with van der Waals surface area (Å²) in [6, 6.07) is 11.1. The number of carbonyl (C=O) groups is 1. The number of carbonyl (C=O) groups excluding carboxylic acids is 1. The van der Waals surface area contributed by atoms with Crippen molar-refractivity contribution in [3.8, 4) is 5.75 Å². The Kier molecular flexibility index (Phi) is 4.35. The van der Waals surface area contributed by atoms with Crippen LogP contribution in [0.1, 0.15) is 0 Å². The minimum absolute atomic E-state index is 0.00324. The second-order valence-electron chi connectivity index (χ2n) is 5.06. The average Bonchev–Trinajstić information content (AvgIpc) is 2.55. The van der Waals surface area contributed by atoms with Crippen LogP contribution in [-0.2, 0) is 14.8 Å². The van der Waals surface area contributed by atoms with E-state index >= 15 is 0 Å². The molecule has 24 heavy (non-hydrogen) atoms. The van der Waals surface area contributed by atoms with Gasteiger partial charge in [0.25, 0.3) is 5.91 Å². The number of halogens is 1. The van der Waals surface area contributed by atoms with Crippen molar-refractivity contribution in [3.05, 3.63) is 47.5 Å². The molecule has 1 aliphatic heterocycles. The Morgan fingerprint density at radius 3 is 2.58 bits per heavy atom. The summed E-state index contributed by atoms with van der Waals surface area (Å²) >= 11 is 5.83. The van der Waals surface area contributed by atoms with Gasteiger partial charge in [0, 0.05) is 10.7 Å². The van der Waals surface area contributed by atoms with Crippen molar-refractivity contribution in [3.63, 3.8) is 0 Å². The van der Waals surface area contributed by atoms with E-state index in [1.165, 1.54) is 19.2 Å². The number of benzene rings is 2. The predicted molar refractivity (Wildman–Crippen MR) is 90.8 cm³/mol. The molecule has 3 rings (SSSR count). The fourth-order valence-electron chi connectivity index (χ4n) is 2.25. The zero-order chi connectivity index (χ0) is 17.3. The summed E-state index contributed by atoms with van der Waals surface area (Å²) in [6.07, 6.45) is -1.13. The Morgan fingerprint density at radius 1 is 1.21 bits per heavy atom. The third kappa shape index (κ3) is 3.30. The van der Waals surface area contributed by atoms with Crippen LogP contribution in [0.4, 0.5) is 11.4 Å². The summed E-state index contributed by atoms with van der Waals surface area (Å²) in [5.74, 6) is 0.111. The molecule has 0 spiro atoms. The van der Waals surface area contributed by atoms with Gasteiger partial charge in [0.1, 0.15) is 10.6 Å². The summed E-state index contributed by atoms with van der Waals surface area (Å²) in [7, 11) is -2.30. The van der Waals surface area contributed by atoms with Crippen LogP contribution in [0.2, 0.25) is 5.02 Å². The molecule has 1 amide bonds. The quantitative estimate of drug-likeness (QED) is 0.771. The Morgan fingerprint density at radius 2 is 1.92 bits per heavy atom. The van der Waals surface area contributed by atoms with Gasteiger partial charge in [-0.15, -0.1) is 0 Å². The molecule has 1 aliphatic rings. The number of sulfonamides is 1. The Bertz CT molecular complexity index is 884. The van der Waals surface area contributed by atoms with Gasteiger partial charge in [-0.2, -0.15) is 4.72 Å². The van der Waals surface area contributed by atoms with Crippen LogP contribution in [0.3, 0.4) is 0 Å². The van der Waals surface area contributed by atoms with Gasteiger partial charge in [0.05, 0.1) is 12.8 Å². The zero-order valence-electron chi connectivity index (χ0n) is 12.5. The maximum atomic E-state index is 12.3. The number of hydrogen-bond acceptors (Lipinski definition) is 5. The topological polar surface area (TPSA) is 96.5 Å². The molecule has 126 valence electrons. The summed E-state index contributed by atoms with van der Waals surface area (Å²) in [5.41, 5.74) is 0.830. The van der Waals surface area contributed by atoms with Crippen LogP contribution < -0.4 is 20.1 Å². The fraction of sp³-hybridized carbons (Fsp3) is 0.133. The molecular weight excluding hydrogens is 354 g/mol. The van der Waals surface area contributed by atoms with Gasteiger partial charge in [0.2, 0.25) is 10.0 Å². The van der Waals surface area contributed by atoms with E-state index in [1.807, 2.05) is 0 Å². The number of anilines is 2. The van der Waals surface area contributed by atoms with E-state index in [-0.39, 0.29) is 4.90 Å². The SMILES string of the molecule is COc1ccc(NC(=O)[C@@H]2Nc3ccc(Cl)cc3S(=O)(=O)N2)cc1. The lowest BCUT2D eigenvalue weighted by Gasteiger charge is -2.27. The smallest absolute Gasteiger partial charge is 0.262 e. The molecule has 0 unspecified atom stereocenters. The number of ether oxygens (including phenoxy) is 1. The molecular formula is C15H14ClN3O4S. The highest BCUT2D eigenvalue weighted by atomic mass is 35.5. The maximum Gasteiger partial charge on any atom is 0.262 e. The highest BCUT2D eigenvalue weighted by molar-refractivity contribution is 7.89. The molecule has 0 radical (unpaired) electrons. The zero-order valence-corrected chi connectivity index (χ0v) is 14.1. The largest absolute Gasteiger partial charge is 0.497 e. The number of methoxy groups -OCH3 is 1. The van der Waals surface area contributed by atoms with Crippen LogP contribution in [0.25, 0.3) is 0 Å². The summed E-state index contributed by atoms with van der Waals surface area (Å²) in [5, 5.41) is 5.76. The first-order valence-electron chi connectivity index (χ1n) is 6.92. The number of amides is 1. The second-order valence-corrected chi connectivity index (χ2v) is 7.18. The summed E-state index contributed by atoms with van der Waals surface area (Å²) in [4.78, 5) is 12.3. The lowest BCUT2D eigenvalue weighted by atomic mass is 10.2. The van der Waals surface area contributed by atoms with Crippen molar-refractivity contribution >= 4 is 38.9 Å². The van der Waals surface area contributed by atoms with Crippen molar-refractivity contribution in [1.29, 1.82) is 0 Å². The van der Waals surface area contributed by atoms with E-state index in [0.717, 1.165) is 0 Å². The molecule has 0 saturated heterocycles.